The topological polar surface area (TPSA) is 57.7 Å². The number of rotatable bonds is 5. The molecule has 2 aliphatic heterocycles. The zero-order valence-corrected chi connectivity index (χ0v) is 17.1. The molecule has 1 atom stereocenters. The second kappa shape index (κ2) is 8.82. The van der Waals surface area contributed by atoms with Crippen LogP contribution in [0.15, 0.2) is 48.8 Å². The molecule has 6 heteroatoms. The number of benzene rings is 1. The highest BCUT2D eigenvalue weighted by Gasteiger charge is 2.42. The van der Waals surface area contributed by atoms with Gasteiger partial charge in [-0.2, -0.15) is 0 Å². The third-order valence-electron chi connectivity index (χ3n) is 6.17. The summed E-state index contributed by atoms with van der Waals surface area (Å²) >= 11 is 0. The Labute approximate surface area is 172 Å². The molecule has 29 heavy (non-hydrogen) atoms. The van der Waals surface area contributed by atoms with Crippen molar-refractivity contribution in [1.29, 1.82) is 0 Å². The Morgan fingerprint density at radius 2 is 2.07 bits per heavy atom. The van der Waals surface area contributed by atoms with E-state index in [1.807, 2.05) is 23.1 Å². The van der Waals surface area contributed by atoms with Crippen LogP contribution < -0.4 is 10.1 Å². The van der Waals surface area contributed by atoms with Gasteiger partial charge in [0.25, 0.3) is 0 Å². The van der Waals surface area contributed by atoms with Crippen LogP contribution in [0.25, 0.3) is 0 Å². The molecule has 2 saturated heterocycles. The summed E-state index contributed by atoms with van der Waals surface area (Å²) in [5, 5.41) is 3.05. The molecular weight excluding hydrogens is 364 g/mol. The highest BCUT2D eigenvalue weighted by atomic mass is 16.5. The summed E-state index contributed by atoms with van der Waals surface area (Å²) in [6.07, 6.45) is 7.02. The number of piperidine rings is 1. The number of nitrogens with one attached hydrogen (secondary N) is 1. The minimum Gasteiger partial charge on any atom is -0.497 e. The van der Waals surface area contributed by atoms with Crippen molar-refractivity contribution >= 4 is 6.03 Å². The largest absolute Gasteiger partial charge is 0.497 e. The Balaban J connectivity index is 1.32. The number of aromatic nitrogens is 1. The maximum Gasteiger partial charge on any atom is 0.317 e. The van der Waals surface area contributed by atoms with Crippen molar-refractivity contribution in [2.24, 2.45) is 5.41 Å². The van der Waals surface area contributed by atoms with Crippen molar-refractivity contribution in [3.8, 4) is 5.75 Å². The number of carbonyl (C=O) groups excluding carboxylic acids is 1. The summed E-state index contributed by atoms with van der Waals surface area (Å²) in [7, 11) is 1.71. The first-order valence-corrected chi connectivity index (χ1v) is 10.4. The van der Waals surface area contributed by atoms with Crippen LogP contribution in [0.1, 0.15) is 30.4 Å². The van der Waals surface area contributed by atoms with E-state index in [4.69, 9.17) is 4.74 Å². The summed E-state index contributed by atoms with van der Waals surface area (Å²) in [6.45, 7) is 5.32. The number of amides is 2. The molecule has 0 aliphatic carbocycles. The minimum absolute atomic E-state index is 0.0376. The fourth-order valence-corrected chi connectivity index (χ4v) is 4.71. The first kappa shape index (κ1) is 19.7. The zero-order valence-electron chi connectivity index (χ0n) is 17.1. The second-order valence-corrected chi connectivity index (χ2v) is 8.36. The van der Waals surface area contributed by atoms with Gasteiger partial charge in [-0.15, -0.1) is 0 Å². The maximum atomic E-state index is 12.7. The van der Waals surface area contributed by atoms with E-state index < -0.39 is 0 Å². The Morgan fingerprint density at radius 1 is 1.17 bits per heavy atom. The number of urea groups is 1. The first-order chi connectivity index (χ1) is 14.2. The molecule has 0 bridgehead atoms. The Kier molecular flexibility index (Phi) is 6.00. The number of nitrogens with zero attached hydrogens (tertiary/aromatic N) is 3. The highest BCUT2D eigenvalue weighted by molar-refractivity contribution is 5.74. The minimum atomic E-state index is 0.0376. The number of hydrogen-bond donors (Lipinski definition) is 1. The van der Waals surface area contributed by atoms with Crippen LogP contribution in [0.3, 0.4) is 0 Å². The van der Waals surface area contributed by atoms with Crippen molar-refractivity contribution in [2.45, 2.75) is 32.4 Å². The number of likely N-dealkylation sites (tertiary alicyclic amines) is 2. The molecule has 0 radical (unpaired) electrons. The molecule has 0 saturated carbocycles. The standard InChI is InChI=1S/C23H30N4O2/c1-29-21-7-2-5-19(13-21)16-26-11-4-8-23(17-26)9-12-27(18-23)22(28)25-15-20-6-3-10-24-14-20/h2-3,5-7,10,13-14H,4,8-9,11-12,15-18H2,1H3,(H,25,28)/t23-/m1/s1. The Morgan fingerprint density at radius 3 is 2.90 bits per heavy atom. The van der Waals surface area contributed by atoms with E-state index >= 15 is 0 Å². The summed E-state index contributed by atoms with van der Waals surface area (Å²) in [5.74, 6) is 0.909. The van der Waals surface area contributed by atoms with Gasteiger partial charge in [-0.05, 0) is 55.1 Å². The number of methoxy groups -OCH3 is 1. The van der Waals surface area contributed by atoms with Crippen molar-refractivity contribution < 1.29 is 9.53 Å². The summed E-state index contributed by atoms with van der Waals surface area (Å²) in [5.41, 5.74) is 2.53. The van der Waals surface area contributed by atoms with Crippen molar-refractivity contribution in [3.05, 3.63) is 59.9 Å². The normalized spacial score (nSPS) is 22.0. The molecule has 3 heterocycles. The van der Waals surface area contributed by atoms with Gasteiger partial charge in [-0.3, -0.25) is 9.88 Å². The lowest BCUT2D eigenvalue weighted by Crippen LogP contribution is -2.46. The quantitative estimate of drug-likeness (QED) is 0.846. The lowest BCUT2D eigenvalue weighted by Gasteiger charge is -2.40. The van der Waals surface area contributed by atoms with Crippen LogP contribution >= 0.6 is 0 Å². The SMILES string of the molecule is COc1cccc(CN2CCC[C@@]3(CCN(C(=O)NCc4cccnc4)C3)C2)c1. The molecule has 1 aromatic heterocycles. The summed E-state index contributed by atoms with van der Waals surface area (Å²) in [6, 6.07) is 12.2. The molecule has 6 nitrogen and oxygen atoms in total. The smallest absolute Gasteiger partial charge is 0.317 e. The molecule has 2 aliphatic rings. The average Bonchev–Trinajstić information content (AvgIpc) is 3.16. The molecule has 1 aromatic carbocycles. The van der Waals surface area contributed by atoms with Crippen LogP contribution in [-0.4, -0.2) is 54.1 Å². The monoisotopic (exact) mass is 394 g/mol. The van der Waals surface area contributed by atoms with Crippen LogP contribution in [0, 0.1) is 5.41 Å². The van der Waals surface area contributed by atoms with Crippen LogP contribution in [0.5, 0.6) is 5.75 Å². The number of carbonyl (C=O) groups is 1. The van der Waals surface area contributed by atoms with E-state index in [-0.39, 0.29) is 11.4 Å². The number of hydrogen-bond acceptors (Lipinski definition) is 4. The molecule has 1 spiro atoms. The Bertz CT molecular complexity index is 829. The van der Waals surface area contributed by atoms with Gasteiger partial charge in [0.15, 0.2) is 0 Å². The zero-order chi connectivity index (χ0) is 20.1. The lowest BCUT2D eigenvalue weighted by atomic mass is 9.79. The van der Waals surface area contributed by atoms with Crippen LogP contribution in [-0.2, 0) is 13.1 Å². The molecule has 1 N–H and O–H groups in total. The molecular formula is C23H30N4O2. The molecule has 2 amide bonds. The molecule has 2 aromatic rings. The van der Waals surface area contributed by atoms with E-state index in [9.17, 15) is 4.79 Å². The van der Waals surface area contributed by atoms with Crippen LogP contribution in [0.4, 0.5) is 4.79 Å². The lowest BCUT2D eigenvalue weighted by molar-refractivity contribution is 0.0897. The van der Waals surface area contributed by atoms with Gasteiger partial charge in [0.05, 0.1) is 7.11 Å². The van der Waals surface area contributed by atoms with E-state index in [2.05, 4.69) is 33.4 Å². The van der Waals surface area contributed by atoms with E-state index in [1.165, 1.54) is 18.4 Å². The third kappa shape index (κ3) is 4.88. The van der Waals surface area contributed by atoms with Gasteiger partial charge in [0, 0.05) is 50.5 Å². The highest BCUT2D eigenvalue weighted by Crippen LogP contribution is 2.39. The average molecular weight is 395 g/mol. The van der Waals surface area contributed by atoms with Crippen LogP contribution in [0.2, 0.25) is 0 Å². The van der Waals surface area contributed by atoms with Gasteiger partial charge in [-0.1, -0.05) is 18.2 Å². The molecule has 0 unspecified atom stereocenters. The summed E-state index contributed by atoms with van der Waals surface area (Å²) in [4.78, 5) is 21.3. The Hall–Kier alpha value is -2.60. The van der Waals surface area contributed by atoms with Crippen molar-refractivity contribution in [2.75, 3.05) is 33.3 Å². The third-order valence-corrected chi connectivity index (χ3v) is 6.17. The predicted molar refractivity (Wildman–Crippen MR) is 113 cm³/mol. The molecule has 154 valence electrons. The van der Waals surface area contributed by atoms with E-state index in [1.54, 1.807) is 19.5 Å². The molecule has 4 rings (SSSR count). The fourth-order valence-electron chi connectivity index (χ4n) is 4.71. The number of pyridine rings is 1. The molecule has 2 fully saturated rings. The fraction of sp³-hybridized carbons (Fsp3) is 0.478. The summed E-state index contributed by atoms with van der Waals surface area (Å²) < 4.78 is 5.36. The van der Waals surface area contributed by atoms with Gasteiger partial charge < -0.3 is 15.0 Å². The van der Waals surface area contributed by atoms with Gasteiger partial charge in [0.2, 0.25) is 0 Å². The maximum absolute atomic E-state index is 12.7. The van der Waals surface area contributed by atoms with E-state index in [0.29, 0.717) is 6.54 Å². The number of ether oxygens (including phenoxy) is 1. The first-order valence-electron chi connectivity index (χ1n) is 10.4. The van der Waals surface area contributed by atoms with E-state index in [0.717, 1.165) is 50.5 Å². The predicted octanol–water partition coefficient (Wildman–Crippen LogP) is 3.29. The second-order valence-electron chi connectivity index (χ2n) is 8.36. The van der Waals surface area contributed by atoms with Gasteiger partial charge in [-0.25, -0.2) is 4.79 Å². The van der Waals surface area contributed by atoms with Crippen molar-refractivity contribution in [3.63, 3.8) is 0 Å². The van der Waals surface area contributed by atoms with Gasteiger partial charge in [0.1, 0.15) is 5.75 Å². The van der Waals surface area contributed by atoms with Crippen molar-refractivity contribution in [1.82, 2.24) is 20.1 Å². The van der Waals surface area contributed by atoms with Gasteiger partial charge >= 0.3 is 6.03 Å².